The van der Waals surface area contributed by atoms with Crippen molar-refractivity contribution in [3.8, 4) is 0 Å². The van der Waals surface area contributed by atoms with Gasteiger partial charge in [-0.2, -0.15) is 0 Å². The van der Waals surface area contributed by atoms with Gasteiger partial charge in [0.25, 0.3) is 0 Å². The molecule has 2 heteroatoms. The standard InChI is InChI=1S/C12H14O.Zr/c1-12(13,10-6-2-3-7-10)11-8-4-5-9-11;/h2-6,8,13H,7,9H2,1H3;. The van der Waals surface area contributed by atoms with Crippen LogP contribution in [0.1, 0.15) is 19.8 Å². The molecule has 0 heterocycles. The van der Waals surface area contributed by atoms with Gasteiger partial charge in [-0.3, -0.25) is 0 Å². The van der Waals surface area contributed by atoms with E-state index in [1.807, 2.05) is 31.2 Å². The topological polar surface area (TPSA) is 20.2 Å². The molecule has 72 valence electrons. The van der Waals surface area contributed by atoms with Gasteiger partial charge < -0.3 is 5.11 Å². The van der Waals surface area contributed by atoms with Crippen LogP contribution < -0.4 is 0 Å². The van der Waals surface area contributed by atoms with Crippen LogP contribution in [0.5, 0.6) is 0 Å². The monoisotopic (exact) mass is 264 g/mol. The van der Waals surface area contributed by atoms with E-state index < -0.39 is 5.60 Å². The summed E-state index contributed by atoms with van der Waals surface area (Å²) in [4.78, 5) is 0. The van der Waals surface area contributed by atoms with E-state index in [9.17, 15) is 5.11 Å². The first kappa shape index (κ1) is 11.9. The van der Waals surface area contributed by atoms with Crippen molar-refractivity contribution in [1.29, 1.82) is 0 Å². The number of rotatable bonds is 2. The summed E-state index contributed by atoms with van der Waals surface area (Å²) in [7, 11) is 0. The number of aliphatic hydroxyl groups is 1. The van der Waals surface area contributed by atoms with Crippen molar-refractivity contribution < 1.29 is 31.3 Å². The second-order valence-electron chi connectivity index (χ2n) is 3.72. The van der Waals surface area contributed by atoms with Crippen molar-refractivity contribution in [3.05, 3.63) is 47.6 Å². The fraction of sp³-hybridized carbons (Fsp3) is 0.333. The molecule has 0 aromatic carbocycles. The van der Waals surface area contributed by atoms with Crippen LogP contribution in [0.15, 0.2) is 47.6 Å². The molecule has 14 heavy (non-hydrogen) atoms. The van der Waals surface area contributed by atoms with Crippen LogP contribution in [0.2, 0.25) is 0 Å². The second-order valence-corrected chi connectivity index (χ2v) is 3.72. The van der Waals surface area contributed by atoms with Crippen molar-refractivity contribution >= 4 is 0 Å². The summed E-state index contributed by atoms with van der Waals surface area (Å²) in [6.45, 7) is 1.88. The largest absolute Gasteiger partial charge is 0.381 e. The molecular weight excluding hydrogens is 251 g/mol. The van der Waals surface area contributed by atoms with Gasteiger partial charge in [-0.25, -0.2) is 0 Å². The van der Waals surface area contributed by atoms with Crippen LogP contribution in [0.4, 0.5) is 0 Å². The second kappa shape index (κ2) is 4.55. The third-order valence-corrected chi connectivity index (χ3v) is 2.79. The Morgan fingerprint density at radius 1 is 1.07 bits per heavy atom. The quantitative estimate of drug-likeness (QED) is 0.813. The zero-order valence-electron chi connectivity index (χ0n) is 8.33. The summed E-state index contributed by atoms with van der Waals surface area (Å²) in [6.07, 6.45) is 14.0. The van der Waals surface area contributed by atoms with Gasteiger partial charge in [0.05, 0.1) is 0 Å². The Labute approximate surface area is 104 Å². The Kier molecular flexibility index (Phi) is 3.86. The van der Waals surface area contributed by atoms with E-state index in [0.717, 1.165) is 24.0 Å². The number of hydrogen-bond donors (Lipinski definition) is 1. The van der Waals surface area contributed by atoms with Crippen LogP contribution in [-0.4, -0.2) is 10.7 Å². The zero-order valence-corrected chi connectivity index (χ0v) is 10.8. The van der Waals surface area contributed by atoms with Crippen molar-refractivity contribution in [2.45, 2.75) is 25.4 Å². The van der Waals surface area contributed by atoms with Crippen LogP contribution >= 0.6 is 0 Å². The predicted octanol–water partition coefficient (Wildman–Crippen LogP) is 2.51. The van der Waals surface area contributed by atoms with Crippen molar-refractivity contribution in [2.24, 2.45) is 0 Å². The molecule has 0 atom stereocenters. The molecule has 0 bridgehead atoms. The fourth-order valence-electron chi connectivity index (χ4n) is 1.82. The zero-order chi connectivity index (χ0) is 9.31. The first-order valence-electron chi connectivity index (χ1n) is 4.66. The number of hydrogen-bond acceptors (Lipinski definition) is 1. The molecule has 0 aromatic heterocycles. The van der Waals surface area contributed by atoms with E-state index in [2.05, 4.69) is 12.2 Å². The maximum absolute atomic E-state index is 10.3. The Morgan fingerprint density at radius 2 is 1.50 bits per heavy atom. The summed E-state index contributed by atoms with van der Waals surface area (Å²) in [5.74, 6) is 0. The summed E-state index contributed by atoms with van der Waals surface area (Å²) in [5.41, 5.74) is 1.46. The van der Waals surface area contributed by atoms with E-state index in [1.165, 1.54) is 0 Å². The van der Waals surface area contributed by atoms with E-state index in [1.54, 1.807) is 0 Å². The third kappa shape index (κ3) is 2.07. The molecule has 2 aliphatic rings. The molecule has 1 nitrogen and oxygen atoms in total. The molecule has 2 aliphatic carbocycles. The predicted molar refractivity (Wildman–Crippen MR) is 54.3 cm³/mol. The molecule has 0 aromatic rings. The van der Waals surface area contributed by atoms with Crippen molar-refractivity contribution in [1.82, 2.24) is 0 Å². The molecule has 0 saturated carbocycles. The van der Waals surface area contributed by atoms with Gasteiger partial charge in [0.1, 0.15) is 5.60 Å². The van der Waals surface area contributed by atoms with Crippen LogP contribution in [0.25, 0.3) is 0 Å². The van der Waals surface area contributed by atoms with Crippen LogP contribution in [0.3, 0.4) is 0 Å². The Bertz CT molecular complexity index is 300. The molecular formula is C12H14OZr. The molecule has 0 unspecified atom stereocenters. The minimum absolute atomic E-state index is 0. The first-order valence-corrected chi connectivity index (χ1v) is 4.66. The van der Waals surface area contributed by atoms with Gasteiger partial charge in [-0.1, -0.05) is 36.5 Å². The molecule has 0 spiro atoms. The smallest absolute Gasteiger partial charge is 0.105 e. The molecule has 0 aliphatic heterocycles. The van der Waals surface area contributed by atoms with E-state index in [4.69, 9.17) is 0 Å². The Hall–Kier alpha value is -0.197. The third-order valence-electron chi connectivity index (χ3n) is 2.79. The van der Waals surface area contributed by atoms with Crippen LogP contribution in [-0.2, 0) is 26.2 Å². The summed E-state index contributed by atoms with van der Waals surface area (Å²) in [6, 6.07) is 0. The first-order chi connectivity index (χ1) is 6.21. The minimum atomic E-state index is -0.743. The summed E-state index contributed by atoms with van der Waals surface area (Å²) in [5, 5.41) is 10.3. The molecule has 2 rings (SSSR count). The van der Waals surface area contributed by atoms with Gasteiger partial charge in [-0.05, 0) is 30.9 Å². The average molecular weight is 265 g/mol. The number of allylic oxidation sites excluding steroid dienone is 6. The van der Waals surface area contributed by atoms with Gasteiger partial charge in [0.2, 0.25) is 0 Å². The van der Waals surface area contributed by atoms with Crippen LogP contribution in [0, 0.1) is 0 Å². The van der Waals surface area contributed by atoms with Crippen molar-refractivity contribution in [3.63, 3.8) is 0 Å². The summed E-state index contributed by atoms with van der Waals surface area (Å²) >= 11 is 0. The van der Waals surface area contributed by atoms with E-state index in [-0.39, 0.29) is 26.2 Å². The van der Waals surface area contributed by atoms with Gasteiger partial charge >= 0.3 is 0 Å². The van der Waals surface area contributed by atoms with Gasteiger partial charge in [0, 0.05) is 26.2 Å². The molecule has 0 amide bonds. The fourth-order valence-corrected chi connectivity index (χ4v) is 1.82. The molecule has 0 saturated heterocycles. The van der Waals surface area contributed by atoms with Crippen molar-refractivity contribution in [2.75, 3.05) is 0 Å². The SMILES string of the molecule is CC(O)(C1=CC=CC1)C1=CC=CC1.[Zr]. The average Bonchev–Trinajstić information content (AvgIpc) is 2.78. The molecule has 1 N–H and O–H groups in total. The normalized spacial score (nSPS) is 19.3. The van der Waals surface area contributed by atoms with E-state index >= 15 is 0 Å². The minimum Gasteiger partial charge on any atom is -0.381 e. The molecule has 0 radical (unpaired) electrons. The van der Waals surface area contributed by atoms with E-state index in [0.29, 0.717) is 0 Å². The Morgan fingerprint density at radius 3 is 1.79 bits per heavy atom. The maximum atomic E-state index is 10.3. The molecule has 0 fully saturated rings. The van der Waals surface area contributed by atoms with Gasteiger partial charge in [0.15, 0.2) is 0 Å². The summed E-state index contributed by atoms with van der Waals surface area (Å²) < 4.78 is 0. The maximum Gasteiger partial charge on any atom is 0.105 e. The van der Waals surface area contributed by atoms with Gasteiger partial charge in [-0.15, -0.1) is 0 Å². The Balaban J connectivity index is 0.000000980.